The highest BCUT2D eigenvalue weighted by Crippen LogP contribution is 2.32. The first-order valence-electron chi connectivity index (χ1n) is 7.05. The van der Waals surface area contributed by atoms with Crippen molar-refractivity contribution in [2.24, 2.45) is 0 Å². The summed E-state index contributed by atoms with van der Waals surface area (Å²) in [5, 5.41) is 0. The maximum Gasteiger partial charge on any atom is 0.488 e. The molecule has 0 N–H and O–H groups in total. The third kappa shape index (κ3) is 3.33. The summed E-state index contributed by atoms with van der Waals surface area (Å²) in [4.78, 5) is 14.0. The van der Waals surface area contributed by atoms with Gasteiger partial charge in [-0.15, -0.1) is 0 Å². The van der Waals surface area contributed by atoms with E-state index in [0.29, 0.717) is 23.4 Å². The SMILES string of the molecule is COc1ccc(CN2Cc3c(OS(=O)(=O)F)cccc3C2=O)cc1. The minimum atomic E-state index is -5.14. The van der Waals surface area contributed by atoms with Crippen molar-refractivity contribution < 1.29 is 26.0 Å². The van der Waals surface area contributed by atoms with Crippen LogP contribution in [0.3, 0.4) is 0 Å². The summed E-state index contributed by atoms with van der Waals surface area (Å²) in [6, 6.07) is 11.6. The highest BCUT2D eigenvalue weighted by molar-refractivity contribution is 7.81. The van der Waals surface area contributed by atoms with Crippen molar-refractivity contribution in [3.05, 3.63) is 59.2 Å². The molecule has 1 heterocycles. The van der Waals surface area contributed by atoms with Crippen LogP contribution in [0.25, 0.3) is 0 Å². The smallest absolute Gasteiger partial charge is 0.488 e. The Morgan fingerprint density at radius 1 is 1.17 bits per heavy atom. The fourth-order valence-corrected chi connectivity index (χ4v) is 3.00. The number of halogens is 1. The molecule has 24 heavy (non-hydrogen) atoms. The highest BCUT2D eigenvalue weighted by Gasteiger charge is 2.31. The van der Waals surface area contributed by atoms with E-state index in [4.69, 9.17) is 4.74 Å². The quantitative estimate of drug-likeness (QED) is 0.774. The number of amides is 1. The van der Waals surface area contributed by atoms with E-state index >= 15 is 0 Å². The number of benzene rings is 2. The molecule has 1 amide bonds. The van der Waals surface area contributed by atoms with Gasteiger partial charge >= 0.3 is 10.5 Å². The molecule has 0 aliphatic carbocycles. The van der Waals surface area contributed by atoms with E-state index in [9.17, 15) is 17.1 Å². The largest absolute Gasteiger partial charge is 0.497 e. The van der Waals surface area contributed by atoms with Gasteiger partial charge < -0.3 is 13.8 Å². The van der Waals surface area contributed by atoms with E-state index in [2.05, 4.69) is 4.18 Å². The van der Waals surface area contributed by atoms with Gasteiger partial charge in [0, 0.05) is 17.7 Å². The van der Waals surface area contributed by atoms with Crippen LogP contribution in [0.2, 0.25) is 0 Å². The molecule has 0 aromatic heterocycles. The van der Waals surface area contributed by atoms with Crippen LogP contribution in [0, 0.1) is 0 Å². The lowest BCUT2D eigenvalue weighted by Crippen LogP contribution is -2.23. The molecular weight excluding hydrogens is 337 g/mol. The number of hydrogen-bond donors (Lipinski definition) is 0. The maximum atomic E-state index is 12.8. The molecule has 0 saturated carbocycles. The van der Waals surface area contributed by atoms with Crippen molar-refractivity contribution in [2.75, 3.05) is 7.11 Å². The van der Waals surface area contributed by atoms with E-state index in [1.165, 1.54) is 17.0 Å². The zero-order chi connectivity index (χ0) is 17.3. The molecule has 2 aromatic carbocycles. The van der Waals surface area contributed by atoms with Crippen LogP contribution in [0.15, 0.2) is 42.5 Å². The highest BCUT2D eigenvalue weighted by atomic mass is 32.3. The summed E-state index contributed by atoms with van der Waals surface area (Å²) >= 11 is 0. The Balaban J connectivity index is 1.83. The fraction of sp³-hybridized carbons (Fsp3) is 0.188. The molecule has 0 bridgehead atoms. The molecule has 0 radical (unpaired) electrons. The second kappa shape index (κ2) is 6.12. The third-order valence-corrected chi connectivity index (χ3v) is 4.10. The molecule has 8 heteroatoms. The summed E-state index contributed by atoms with van der Waals surface area (Å²) in [6.07, 6.45) is 0. The van der Waals surface area contributed by atoms with Crippen molar-refractivity contribution >= 4 is 16.4 Å². The predicted octanol–water partition coefficient (Wildman–Crippen LogP) is 2.44. The van der Waals surface area contributed by atoms with Crippen molar-refractivity contribution in [1.29, 1.82) is 0 Å². The molecular formula is C16H14FNO5S. The molecule has 126 valence electrons. The zero-order valence-corrected chi connectivity index (χ0v) is 13.5. The van der Waals surface area contributed by atoms with Crippen LogP contribution >= 0.6 is 0 Å². The minimum absolute atomic E-state index is 0.145. The first-order valence-corrected chi connectivity index (χ1v) is 8.36. The summed E-state index contributed by atoms with van der Waals surface area (Å²) in [5.74, 6) is 0.279. The van der Waals surface area contributed by atoms with Crippen LogP contribution in [0.4, 0.5) is 3.89 Å². The topological polar surface area (TPSA) is 72.9 Å². The molecule has 0 spiro atoms. The summed E-state index contributed by atoms with van der Waals surface area (Å²) in [6.45, 7) is 0.477. The van der Waals surface area contributed by atoms with E-state index in [-0.39, 0.29) is 18.2 Å². The normalized spacial score (nSPS) is 13.8. The number of hydrogen-bond acceptors (Lipinski definition) is 5. The Morgan fingerprint density at radius 2 is 1.88 bits per heavy atom. The summed E-state index contributed by atoms with van der Waals surface area (Å²) in [7, 11) is -3.58. The van der Waals surface area contributed by atoms with Crippen molar-refractivity contribution in [3.63, 3.8) is 0 Å². The second-order valence-electron chi connectivity index (χ2n) is 5.27. The Labute approximate surface area is 138 Å². The van der Waals surface area contributed by atoms with Crippen LogP contribution in [0.5, 0.6) is 11.5 Å². The van der Waals surface area contributed by atoms with E-state index < -0.39 is 10.5 Å². The van der Waals surface area contributed by atoms with Gasteiger partial charge in [-0.3, -0.25) is 4.79 Å². The Hall–Kier alpha value is -2.61. The lowest BCUT2D eigenvalue weighted by atomic mass is 10.1. The van der Waals surface area contributed by atoms with Crippen molar-refractivity contribution in [3.8, 4) is 11.5 Å². The summed E-state index contributed by atoms with van der Waals surface area (Å²) in [5.41, 5.74) is 1.56. The van der Waals surface area contributed by atoms with Gasteiger partial charge in [0.2, 0.25) is 0 Å². The number of rotatable bonds is 5. The maximum absolute atomic E-state index is 12.8. The van der Waals surface area contributed by atoms with Crippen LogP contribution < -0.4 is 8.92 Å². The standard InChI is InChI=1S/C16H14FNO5S/c1-22-12-7-5-11(6-8-12)9-18-10-14-13(16(18)19)3-2-4-15(14)23-24(17,20)21/h2-8H,9-10H2,1H3. The van der Waals surface area contributed by atoms with E-state index in [0.717, 1.165) is 5.56 Å². The van der Waals surface area contributed by atoms with Gasteiger partial charge in [-0.25, -0.2) is 0 Å². The number of carbonyl (C=O) groups is 1. The fourth-order valence-electron chi connectivity index (χ4n) is 2.63. The summed E-state index contributed by atoms with van der Waals surface area (Å²) < 4.78 is 43.6. The molecule has 6 nitrogen and oxygen atoms in total. The van der Waals surface area contributed by atoms with Crippen LogP contribution in [-0.2, 0) is 23.6 Å². The van der Waals surface area contributed by atoms with Gasteiger partial charge in [0.1, 0.15) is 5.75 Å². The van der Waals surface area contributed by atoms with Gasteiger partial charge in [-0.05, 0) is 29.8 Å². The third-order valence-electron chi connectivity index (χ3n) is 3.72. The molecule has 0 atom stereocenters. The monoisotopic (exact) mass is 351 g/mol. The first kappa shape index (κ1) is 16.3. The molecule has 1 aliphatic rings. The van der Waals surface area contributed by atoms with Crippen LogP contribution in [-0.4, -0.2) is 26.3 Å². The lowest BCUT2D eigenvalue weighted by Gasteiger charge is -2.16. The number of carbonyl (C=O) groups excluding carboxylic acids is 1. The van der Waals surface area contributed by atoms with Gasteiger partial charge in [0.15, 0.2) is 5.75 Å². The Morgan fingerprint density at radius 3 is 2.50 bits per heavy atom. The zero-order valence-electron chi connectivity index (χ0n) is 12.7. The molecule has 0 saturated heterocycles. The molecule has 0 unspecified atom stereocenters. The van der Waals surface area contributed by atoms with Gasteiger partial charge in [-0.2, -0.15) is 8.42 Å². The van der Waals surface area contributed by atoms with Crippen molar-refractivity contribution in [2.45, 2.75) is 13.1 Å². The van der Waals surface area contributed by atoms with Gasteiger partial charge in [-0.1, -0.05) is 22.1 Å². The minimum Gasteiger partial charge on any atom is -0.497 e. The van der Waals surface area contributed by atoms with Gasteiger partial charge in [0.05, 0.1) is 13.7 Å². The predicted molar refractivity (Wildman–Crippen MR) is 83.7 cm³/mol. The number of ether oxygens (including phenoxy) is 1. The molecule has 2 aromatic rings. The number of nitrogens with zero attached hydrogens (tertiary/aromatic N) is 1. The Bertz CT molecular complexity index is 880. The molecule has 0 fully saturated rings. The Kier molecular flexibility index (Phi) is 4.15. The van der Waals surface area contributed by atoms with Crippen molar-refractivity contribution in [1.82, 2.24) is 4.90 Å². The average Bonchev–Trinajstić information content (AvgIpc) is 2.85. The van der Waals surface area contributed by atoms with E-state index in [1.807, 2.05) is 12.1 Å². The number of fused-ring (bicyclic) bond motifs is 1. The molecule has 3 rings (SSSR count). The lowest BCUT2D eigenvalue weighted by molar-refractivity contribution is 0.0766. The number of methoxy groups -OCH3 is 1. The first-order chi connectivity index (χ1) is 11.4. The second-order valence-corrected chi connectivity index (χ2v) is 6.22. The van der Waals surface area contributed by atoms with E-state index in [1.54, 1.807) is 25.3 Å². The van der Waals surface area contributed by atoms with Crippen LogP contribution in [0.1, 0.15) is 21.5 Å². The molecule has 1 aliphatic heterocycles. The average molecular weight is 351 g/mol. The van der Waals surface area contributed by atoms with Gasteiger partial charge in [0.25, 0.3) is 5.91 Å².